The van der Waals surface area contributed by atoms with Crippen LogP contribution < -0.4 is 3.27 Å². The molecule has 0 aliphatic heterocycles. The normalized spacial score (nSPS) is 18.1. The Morgan fingerprint density at radius 1 is 0.848 bits per heavy atom. The fraction of sp³-hybridized carbons (Fsp3) is 0.281. The van der Waals surface area contributed by atoms with Crippen LogP contribution >= 0.6 is 0 Å². The number of hydrogen-bond acceptors (Lipinski definition) is 0. The van der Waals surface area contributed by atoms with Crippen LogP contribution in [0.2, 0.25) is 0 Å². The molecule has 0 aromatic heterocycles. The topological polar surface area (TPSA) is 0 Å². The Morgan fingerprint density at radius 2 is 1.52 bits per heavy atom. The van der Waals surface area contributed by atoms with E-state index in [4.69, 9.17) is 0 Å². The fourth-order valence-electron chi connectivity index (χ4n) is 5.95. The van der Waals surface area contributed by atoms with Gasteiger partial charge < -0.3 is 0 Å². The van der Waals surface area contributed by atoms with E-state index in [9.17, 15) is 0 Å². The Bertz CT molecular complexity index is 1330. The van der Waals surface area contributed by atoms with E-state index >= 15 is 0 Å². The van der Waals surface area contributed by atoms with Crippen molar-refractivity contribution in [1.29, 1.82) is 0 Å². The van der Waals surface area contributed by atoms with Crippen LogP contribution in [0.15, 0.2) is 93.3 Å². The summed E-state index contributed by atoms with van der Waals surface area (Å²) >= 11 is -2.42. The molecule has 0 fully saturated rings. The summed E-state index contributed by atoms with van der Waals surface area (Å²) in [5.41, 5.74) is 10.7. The van der Waals surface area contributed by atoms with E-state index in [0.717, 1.165) is 6.42 Å². The summed E-state index contributed by atoms with van der Waals surface area (Å²) in [4.78, 5) is 0. The molecule has 1 atom stereocenters. The van der Waals surface area contributed by atoms with Crippen molar-refractivity contribution in [2.75, 3.05) is 0 Å². The number of allylic oxidation sites excluding steroid dienone is 4. The van der Waals surface area contributed by atoms with Crippen molar-refractivity contribution in [2.45, 2.75) is 48.0 Å². The second kappa shape index (κ2) is 8.59. The van der Waals surface area contributed by atoms with Crippen LogP contribution in [0.25, 0.3) is 11.1 Å². The number of benzene rings is 3. The summed E-state index contributed by atoms with van der Waals surface area (Å²) in [5.74, 6) is 0.520. The predicted octanol–water partition coefficient (Wildman–Crippen LogP) is 7.64. The Hall–Kier alpha value is -2.11. The van der Waals surface area contributed by atoms with Crippen LogP contribution in [0.1, 0.15) is 58.2 Å². The first-order valence-electron chi connectivity index (χ1n) is 12.2. The molecule has 0 amide bonds. The third kappa shape index (κ3) is 3.93. The molecule has 0 saturated heterocycles. The predicted molar refractivity (Wildman–Crippen MR) is 140 cm³/mol. The molecule has 3 aromatic rings. The van der Waals surface area contributed by atoms with Gasteiger partial charge in [-0.3, -0.25) is 0 Å². The molecule has 0 heterocycles. The third-order valence-electron chi connectivity index (χ3n) is 7.46. The van der Waals surface area contributed by atoms with Crippen LogP contribution in [0.3, 0.4) is 0 Å². The number of fused-ring (bicyclic) bond motifs is 3. The minimum atomic E-state index is -2.42. The van der Waals surface area contributed by atoms with Crippen molar-refractivity contribution >= 4 is 6.48 Å². The van der Waals surface area contributed by atoms with Crippen molar-refractivity contribution < 1.29 is 21.3 Å². The van der Waals surface area contributed by atoms with Gasteiger partial charge in [0.05, 0.1) is 0 Å². The van der Waals surface area contributed by atoms with Gasteiger partial charge in [0.15, 0.2) is 0 Å². The van der Waals surface area contributed by atoms with Gasteiger partial charge in [-0.2, -0.15) is 0 Å². The summed E-state index contributed by atoms with van der Waals surface area (Å²) in [5, 5.41) is 0. The van der Waals surface area contributed by atoms with Crippen molar-refractivity contribution in [2.24, 2.45) is 11.3 Å². The van der Waals surface area contributed by atoms with Crippen LogP contribution in [-0.4, -0.2) is 3.21 Å². The Balaban J connectivity index is 1.79. The first kappa shape index (κ1) is 22.7. The van der Waals surface area contributed by atoms with Gasteiger partial charge >= 0.3 is 208 Å². The molecule has 1 unspecified atom stereocenters. The van der Waals surface area contributed by atoms with Crippen LogP contribution in [0, 0.1) is 11.3 Å². The molecule has 2 aliphatic rings. The summed E-state index contributed by atoms with van der Waals surface area (Å²) in [7, 11) is 0. The zero-order valence-corrected chi connectivity index (χ0v) is 23.2. The molecule has 0 radical (unpaired) electrons. The molecule has 0 saturated carbocycles. The van der Waals surface area contributed by atoms with Crippen LogP contribution in [-0.2, 0) is 27.7 Å². The van der Waals surface area contributed by atoms with Gasteiger partial charge in [-0.25, -0.2) is 0 Å². The van der Waals surface area contributed by atoms with Crippen molar-refractivity contribution in [3.05, 3.63) is 110 Å². The molecule has 33 heavy (non-hydrogen) atoms. The van der Waals surface area contributed by atoms with Crippen molar-refractivity contribution in [3.63, 3.8) is 0 Å². The molecular weight excluding hydrogens is 476 g/mol. The zero-order valence-electron chi connectivity index (χ0n) is 20.8. The van der Waals surface area contributed by atoms with Crippen molar-refractivity contribution in [3.8, 4) is 11.1 Å². The monoisotopic (exact) mass is 508 g/mol. The summed E-state index contributed by atoms with van der Waals surface area (Å²) < 4.78 is 5.09. The van der Waals surface area contributed by atoms with E-state index in [2.05, 4.69) is 120 Å². The van der Waals surface area contributed by atoms with Gasteiger partial charge in [-0.15, -0.1) is 0 Å². The average molecular weight is 510 g/mol. The average Bonchev–Trinajstić information content (AvgIpc) is 3.33. The van der Waals surface area contributed by atoms with Gasteiger partial charge in [0.25, 0.3) is 0 Å². The molecule has 3 aromatic carbocycles. The first-order chi connectivity index (χ1) is 15.8. The van der Waals surface area contributed by atoms with E-state index < -0.39 is 21.3 Å². The maximum absolute atomic E-state index is 2.57. The van der Waals surface area contributed by atoms with Gasteiger partial charge in [0.1, 0.15) is 0 Å². The Labute approximate surface area is 207 Å². The maximum atomic E-state index is 2.57. The Morgan fingerprint density at radius 3 is 2.21 bits per heavy atom. The minimum absolute atomic E-state index is 0.184. The molecule has 166 valence electrons. The second-order valence-electron chi connectivity index (χ2n) is 10.7. The Kier molecular flexibility index (Phi) is 5.90. The van der Waals surface area contributed by atoms with Crippen molar-refractivity contribution in [1.82, 2.24) is 0 Å². The molecule has 1 heteroatoms. The van der Waals surface area contributed by atoms with Crippen LogP contribution in [0.5, 0.6) is 0 Å². The van der Waals surface area contributed by atoms with Crippen LogP contribution in [0.4, 0.5) is 0 Å². The number of rotatable bonds is 3. The quantitative estimate of drug-likeness (QED) is 0.266. The van der Waals surface area contributed by atoms with E-state index in [1.54, 1.807) is 26.5 Å². The summed E-state index contributed by atoms with van der Waals surface area (Å²) in [6, 6.07) is 27.3. The molecular formula is C32H34Zr. The summed E-state index contributed by atoms with van der Waals surface area (Å²) in [6.45, 7) is 14.4. The van der Waals surface area contributed by atoms with Gasteiger partial charge in [0.2, 0.25) is 0 Å². The second-order valence-corrected chi connectivity index (χ2v) is 17.0. The van der Waals surface area contributed by atoms with Gasteiger partial charge in [0, 0.05) is 0 Å². The summed E-state index contributed by atoms with van der Waals surface area (Å²) in [6.07, 6.45) is 3.65. The van der Waals surface area contributed by atoms with E-state index in [1.165, 1.54) is 22.3 Å². The van der Waals surface area contributed by atoms with Gasteiger partial charge in [-0.05, 0) is 0 Å². The molecule has 0 nitrogen and oxygen atoms in total. The van der Waals surface area contributed by atoms with E-state index in [0.29, 0.717) is 5.92 Å². The number of hydrogen-bond donors (Lipinski definition) is 0. The SMILES string of the molecule is CC1=[C](/[Zr](=[C](\C)c2ccccc2)[c]2cccc3c2Cc2ccccc2-3)C(C)C=C1C(C)(C)C. The first-order valence-corrected chi connectivity index (χ1v) is 15.9. The van der Waals surface area contributed by atoms with E-state index in [1.807, 2.05) is 0 Å². The fourth-order valence-corrected chi connectivity index (χ4v) is 14.3. The molecule has 2 aliphatic carbocycles. The zero-order chi connectivity index (χ0) is 23.3. The molecule has 5 rings (SSSR count). The standard InChI is InChI=1S/C13H9.C11H17.C8H8.Zr/c1-3-7-12-10(5-1)9-11-6-2-4-8-13(11)12;1-8-6-9(2)10(7-8)11(3,4)5;1-2-8-6-4-3-5-7-8;/h1-5,7-8H,9H2;7-8H,1-5H3;3-7H,1H3;. The molecule has 0 spiro atoms. The molecule has 0 bridgehead atoms. The van der Waals surface area contributed by atoms with E-state index in [-0.39, 0.29) is 5.41 Å². The van der Waals surface area contributed by atoms with Gasteiger partial charge in [-0.1, -0.05) is 0 Å². The molecule has 0 N–H and O–H groups in total. The third-order valence-corrected chi connectivity index (χ3v) is 15.9.